The Morgan fingerprint density at radius 2 is 1.94 bits per heavy atom. The lowest BCUT2D eigenvalue weighted by atomic mass is 9.77. The standard InChI is InChI=1S/C13H23NO3/c1-17-11-4-6-13(7-5-11,10-12(15)16)14-8-2-3-9-14/h11H,2-10H2,1H3,(H,15,16). The predicted octanol–water partition coefficient (Wildman–Crippen LogP) is 1.88. The van der Waals surface area contributed by atoms with Crippen molar-refractivity contribution >= 4 is 5.97 Å². The Hall–Kier alpha value is -0.610. The van der Waals surface area contributed by atoms with E-state index < -0.39 is 5.97 Å². The minimum absolute atomic E-state index is 0.0859. The highest BCUT2D eigenvalue weighted by Crippen LogP contribution is 2.39. The third-order valence-electron chi connectivity index (χ3n) is 4.45. The van der Waals surface area contributed by atoms with Gasteiger partial charge in [0.05, 0.1) is 12.5 Å². The van der Waals surface area contributed by atoms with Gasteiger partial charge in [0.25, 0.3) is 0 Å². The van der Waals surface area contributed by atoms with Crippen LogP contribution >= 0.6 is 0 Å². The van der Waals surface area contributed by atoms with Gasteiger partial charge in [0.15, 0.2) is 0 Å². The van der Waals surface area contributed by atoms with E-state index in [4.69, 9.17) is 9.84 Å². The summed E-state index contributed by atoms with van der Waals surface area (Å²) in [7, 11) is 1.75. The van der Waals surface area contributed by atoms with Gasteiger partial charge in [-0.05, 0) is 51.6 Å². The largest absolute Gasteiger partial charge is 0.481 e. The van der Waals surface area contributed by atoms with Gasteiger partial charge >= 0.3 is 5.97 Å². The molecule has 2 fully saturated rings. The number of methoxy groups -OCH3 is 1. The summed E-state index contributed by atoms with van der Waals surface area (Å²) >= 11 is 0. The van der Waals surface area contributed by atoms with Gasteiger partial charge in [-0.25, -0.2) is 0 Å². The zero-order chi connectivity index (χ0) is 12.3. The molecule has 1 aliphatic carbocycles. The molecule has 0 amide bonds. The summed E-state index contributed by atoms with van der Waals surface area (Å²) in [6, 6.07) is 0. The number of hydrogen-bond acceptors (Lipinski definition) is 3. The molecule has 0 radical (unpaired) electrons. The van der Waals surface area contributed by atoms with Gasteiger partial charge in [-0.15, -0.1) is 0 Å². The number of carbonyl (C=O) groups is 1. The minimum atomic E-state index is -0.659. The Kier molecular flexibility index (Phi) is 4.05. The van der Waals surface area contributed by atoms with Crippen molar-refractivity contribution in [2.24, 2.45) is 0 Å². The average molecular weight is 241 g/mol. The maximum absolute atomic E-state index is 11.1. The second-order valence-corrected chi connectivity index (χ2v) is 5.42. The van der Waals surface area contributed by atoms with E-state index in [9.17, 15) is 4.79 Å². The van der Waals surface area contributed by atoms with Gasteiger partial charge in [-0.2, -0.15) is 0 Å². The molecular formula is C13H23NO3. The lowest BCUT2D eigenvalue weighted by Crippen LogP contribution is -2.51. The van der Waals surface area contributed by atoms with Gasteiger partial charge in [-0.3, -0.25) is 9.69 Å². The summed E-state index contributed by atoms with van der Waals surface area (Å²) in [6.07, 6.45) is 7.00. The first-order chi connectivity index (χ1) is 8.16. The van der Waals surface area contributed by atoms with E-state index in [1.165, 1.54) is 12.8 Å². The van der Waals surface area contributed by atoms with Crippen LogP contribution < -0.4 is 0 Å². The Morgan fingerprint density at radius 3 is 2.41 bits per heavy atom. The van der Waals surface area contributed by atoms with Crippen molar-refractivity contribution in [3.05, 3.63) is 0 Å². The van der Waals surface area contributed by atoms with E-state index in [0.717, 1.165) is 38.8 Å². The molecule has 0 aromatic heterocycles. The zero-order valence-corrected chi connectivity index (χ0v) is 10.7. The van der Waals surface area contributed by atoms with E-state index in [0.29, 0.717) is 12.5 Å². The second-order valence-electron chi connectivity index (χ2n) is 5.42. The number of aliphatic carboxylic acids is 1. The number of rotatable bonds is 4. The van der Waals surface area contributed by atoms with Crippen molar-refractivity contribution in [1.29, 1.82) is 0 Å². The van der Waals surface area contributed by atoms with Crippen LogP contribution in [0.25, 0.3) is 0 Å². The van der Waals surface area contributed by atoms with Gasteiger partial charge in [-0.1, -0.05) is 0 Å². The van der Waals surface area contributed by atoms with Crippen molar-refractivity contribution in [1.82, 2.24) is 4.90 Å². The topological polar surface area (TPSA) is 49.8 Å². The fraction of sp³-hybridized carbons (Fsp3) is 0.923. The molecule has 0 aromatic rings. The molecule has 1 heterocycles. The van der Waals surface area contributed by atoms with Crippen molar-refractivity contribution in [2.75, 3.05) is 20.2 Å². The number of carboxylic acid groups (broad SMARTS) is 1. The molecule has 4 heteroatoms. The molecule has 1 N–H and O–H groups in total. The quantitative estimate of drug-likeness (QED) is 0.816. The fourth-order valence-corrected chi connectivity index (χ4v) is 3.44. The molecule has 17 heavy (non-hydrogen) atoms. The van der Waals surface area contributed by atoms with Crippen LogP contribution in [-0.2, 0) is 9.53 Å². The van der Waals surface area contributed by atoms with Crippen molar-refractivity contribution < 1.29 is 14.6 Å². The number of likely N-dealkylation sites (tertiary alicyclic amines) is 1. The van der Waals surface area contributed by atoms with Crippen LogP contribution in [0.2, 0.25) is 0 Å². The second kappa shape index (κ2) is 5.36. The monoisotopic (exact) mass is 241 g/mol. The Bertz CT molecular complexity index is 266. The number of nitrogens with zero attached hydrogens (tertiary/aromatic N) is 1. The van der Waals surface area contributed by atoms with Crippen molar-refractivity contribution in [3.8, 4) is 0 Å². The number of carboxylic acids is 1. The lowest BCUT2D eigenvalue weighted by molar-refractivity contribution is -0.141. The highest BCUT2D eigenvalue weighted by Gasteiger charge is 2.42. The van der Waals surface area contributed by atoms with Crippen molar-refractivity contribution in [3.63, 3.8) is 0 Å². The molecule has 1 aliphatic heterocycles. The van der Waals surface area contributed by atoms with Gasteiger partial charge < -0.3 is 9.84 Å². The maximum Gasteiger partial charge on any atom is 0.305 e. The number of hydrogen-bond donors (Lipinski definition) is 1. The van der Waals surface area contributed by atoms with Crippen LogP contribution in [0.3, 0.4) is 0 Å². The summed E-state index contributed by atoms with van der Waals surface area (Å²) < 4.78 is 5.39. The minimum Gasteiger partial charge on any atom is -0.481 e. The molecule has 0 aromatic carbocycles. The van der Waals surface area contributed by atoms with E-state index in [-0.39, 0.29) is 5.54 Å². The molecule has 1 saturated carbocycles. The van der Waals surface area contributed by atoms with Crippen LogP contribution in [0.1, 0.15) is 44.9 Å². The van der Waals surface area contributed by atoms with Crippen molar-refractivity contribution in [2.45, 2.75) is 56.6 Å². The average Bonchev–Trinajstić information content (AvgIpc) is 2.83. The van der Waals surface area contributed by atoms with Crippen LogP contribution in [0.15, 0.2) is 0 Å². The first-order valence-electron chi connectivity index (χ1n) is 6.66. The molecule has 0 unspecified atom stereocenters. The van der Waals surface area contributed by atoms with Crippen LogP contribution in [0.5, 0.6) is 0 Å². The van der Waals surface area contributed by atoms with E-state index in [2.05, 4.69) is 4.90 Å². The predicted molar refractivity (Wildman–Crippen MR) is 65.1 cm³/mol. The zero-order valence-electron chi connectivity index (χ0n) is 10.7. The first-order valence-corrected chi connectivity index (χ1v) is 6.66. The molecule has 0 bridgehead atoms. The Labute approximate surface area is 103 Å². The summed E-state index contributed by atoms with van der Waals surface area (Å²) in [4.78, 5) is 13.5. The number of ether oxygens (including phenoxy) is 1. The molecule has 4 nitrogen and oxygen atoms in total. The molecule has 0 spiro atoms. The normalized spacial score (nSPS) is 35.0. The Morgan fingerprint density at radius 1 is 1.35 bits per heavy atom. The van der Waals surface area contributed by atoms with Gasteiger partial charge in [0.2, 0.25) is 0 Å². The Balaban J connectivity index is 2.05. The molecule has 1 saturated heterocycles. The van der Waals surface area contributed by atoms with Crippen LogP contribution in [0, 0.1) is 0 Å². The molecular weight excluding hydrogens is 218 g/mol. The van der Waals surface area contributed by atoms with Crippen LogP contribution in [-0.4, -0.2) is 47.8 Å². The maximum atomic E-state index is 11.1. The molecule has 2 aliphatic rings. The molecule has 0 atom stereocenters. The third-order valence-corrected chi connectivity index (χ3v) is 4.45. The van der Waals surface area contributed by atoms with E-state index in [1.807, 2.05) is 0 Å². The SMILES string of the molecule is COC1CCC(CC(=O)O)(N2CCCC2)CC1. The highest BCUT2D eigenvalue weighted by molar-refractivity contribution is 5.68. The van der Waals surface area contributed by atoms with E-state index in [1.54, 1.807) is 7.11 Å². The fourth-order valence-electron chi connectivity index (χ4n) is 3.44. The smallest absolute Gasteiger partial charge is 0.305 e. The summed E-state index contributed by atoms with van der Waals surface area (Å²) in [6.45, 7) is 2.15. The molecule has 2 rings (SSSR count). The van der Waals surface area contributed by atoms with Gasteiger partial charge in [0, 0.05) is 12.6 Å². The molecule has 98 valence electrons. The highest BCUT2D eigenvalue weighted by atomic mass is 16.5. The summed E-state index contributed by atoms with van der Waals surface area (Å²) in [5.74, 6) is -0.659. The van der Waals surface area contributed by atoms with Crippen LogP contribution in [0.4, 0.5) is 0 Å². The van der Waals surface area contributed by atoms with Gasteiger partial charge in [0.1, 0.15) is 0 Å². The third kappa shape index (κ3) is 2.80. The van der Waals surface area contributed by atoms with E-state index >= 15 is 0 Å². The lowest BCUT2D eigenvalue weighted by Gasteiger charge is -2.45. The summed E-state index contributed by atoms with van der Waals surface area (Å²) in [5.41, 5.74) is -0.0859. The summed E-state index contributed by atoms with van der Waals surface area (Å²) in [5, 5.41) is 9.16. The first kappa shape index (κ1) is 12.8.